The van der Waals surface area contributed by atoms with E-state index in [0.29, 0.717) is 16.9 Å². The number of carbonyl (C=O) groups excluding carboxylic acids is 1. The van der Waals surface area contributed by atoms with E-state index in [-0.39, 0.29) is 23.8 Å². The van der Waals surface area contributed by atoms with Gasteiger partial charge in [0.2, 0.25) is 0 Å². The summed E-state index contributed by atoms with van der Waals surface area (Å²) in [6.45, 7) is 1.61. The Labute approximate surface area is 167 Å². The zero-order chi connectivity index (χ0) is 19.7. The van der Waals surface area contributed by atoms with Crippen LogP contribution in [0.1, 0.15) is 34.3 Å². The summed E-state index contributed by atoms with van der Waals surface area (Å²) in [6, 6.07) is 14.8. The summed E-state index contributed by atoms with van der Waals surface area (Å²) < 4.78 is 20.2. The molecular formula is C22H25NO4S. The van der Waals surface area contributed by atoms with Gasteiger partial charge in [0.05, 0.1) is 11.0 Å². The Balaban J connectivity index is 1.38. The average molecular weight is 400 g/mol. The molecule has 0 radical (unpaired) electrons. The van der Waals surface area contributed by atoms with Crippen LogP contribution >= 0.6 is 0 Å². The monoisotopic (exact) mass is 399 g/mol. The molecule has 2 aromatic carbocycles. The van der Waals surface area contributed by atoms with Crippen LogP contribution < -0.4 is 0 Å². The molecule has 0 bridgehead atoms. The predicted octanol–water partition coefficient (Wildman–Crippen LogP) is 2.69. The third-order valence-corrected chi connectivity index (χ3v) is 6.81. The molecule has 2 N–H and O–H groups in total. The van der Waals surface area contributed by atoms with Crippen molar-refractivity contribution in [2.45, 2.75) is 42.7 Å². The number of Topliss-reactive ketones (excluding diaryl/α,β-unsaturated/α-hetero) is 1. The van der Waals surface area contributed by atoms with Gasteiger partial charge in [-0.3, -0.25) is 9.69 Å². The Morgan fingerprint density at radius 2 is 1.57 bits per heavy atom. The van der Waals surface area contributed by atoms with E-state index < -0.39 is 11.1 Å². The summed E-state index contributed by atoms with van der Waals surface area (Å²) in [4.78, 5) is 15.4. The van der Waals surface area contributed by atoms with Crippen molar-refractivity contribution in [3.8, 4) is 0 Å². The Hall–Kier alpha value is -1.86. The quantitative estimate of drug-likeness (QED) is 0.611. The smallest absolute Gasteiger partial charge is 0.186 e. The van der Waals surface area contributed by atoms with Crippen LogP contribution in [0.2, 0.25) is 0 Å². The highest BCUT2D eigenvalue weighted by molar-refractivity contribution is 7.79. The van der Waals surface area contributed by atoms with Crippen molar-refractivity contribution in [3.63, 3.8) is 0 Å². The fraction of sp³-hybridized carbons (Fsp3) is 0.409. The molecule has 1 aliphatic carbocycles. The number of nitrogens with zero attached hydrogens (tertiary/aromatic N) is 1. The van der Waals surface area contributed by atoms with Crippen LogP contribution in [0.25, 0.3) is 0 Å². The van der Waals surface area contributed by atoms with E-state index in [2.05, 4.69) is 23.1 Å². The van der Waals surface area contributed by atoms with Crippen LogP contribution in [0.15, 0.2) is 53.4 Å². The van der Waals surface area contributed by atoms with Crippen molar-refractivity contribution < 1.29 is 18.7 Å². The molecule has 28 heavy (non-hydrogen) atoms. The van der Waals surface area contributed by atoms with Crippen molar-refractivity contribution in [1.82, 2.24) is 4.90 Å². The largest absolute Gasteiger partial charge is 0.391 e. The molecule has 2 aromatic rings. The number of fused-ring (bicyclic) bond motifs is 1. The number of hydrogen-bond donors (Lipinski definition) is 2. The number of aliphatic hydroxyl groups excluding tert-OH is 1. The zero-order valence-electron chi connectivity index (χ0n) is 15.7. The second kappa shape index (κ2) is 8.25. The van der Waals surface area contributed by atoms with Gasteiger partial charge in [0.1, 0.15) is 0 Å². The number of aliphatic hydroxyl groups is 1. The summed E-state index contributed by atoms with van der Waals surface area (Å²) in [6.07, 6.45) is 2.73. The molecule has 148 valence electrons. The van der Waals surface area contributed by atoms with Gasteiger partial charge >= 0.3 is 0 Å². The maximum atomic E-state index is 12.8. The lowest BCUT2D eigenvalue weighted by Crippen LogP contribution is -2.51. The van der Waals surface area contributed by atoms with E-state index in [4.69, 9.17) is 4.55 Å². The standard InChI is InChI=1S/C22H25NO4S/c24-21-14-18-4-2-1-3-17(18)13-20(21)23-11-9-16(10-12-23)22(25)15-5-7-19(8-6-15)28(26)27/h1-8,16,20-21,24H,9-14H2,(H,26,27). The summed E-state index contributed by atoms with van der Waals surface area (Å²) in [5.74, 6) is 0.0687. The number of ketones is 1. The molecule has 6 heteroatoms. The summed E-state index contributed by atoms with van der Waals surface area (Å²) in [5.41, 5.74) is 3.15. The van der Waals surface area contributed by atoms with Crippen LogP contribution in [0.3, 0.4) is 0 Å². The van der Waals surface area contributed by atoms with Gasteiger partial charge in [0.15, 0.2) is 16.9 Å². The molecule has 4 rings (SSSR count). The van der Waals surface area contributed by atoms with E-state index in [1.165, 1.54) is 23.3 Å². The minimum Gasteiger partial charge on any atom is -0.391 e. The van der Waals surface area contributed by atoms with E-state index >= 15 is 0 Å². The zero-order valence-corrected chi connectivity index (χ0v) is 16.5. The van der Waals surface area contributed by atoms with E-state index in [9.17, 15) is 14.1 Å². The number of carbonyl (C=O) groups is 1. The van der Waals surface area contributed by atoms with Gasteiger partial charge in [-0.05, 0) is 55.6 Å². The SMILES string of the molecule is O=C(c1ccc(S(=O)O)cc1)C1CCN(C2Cc3ccccc3CC2O)CC1. The molecule has 2 aliphatic rings. The molecule has 0 aromatic heterocycles. The van der Waals surface area contributed by atoms with E-state index in [0.717, 1.165) is 32.4 Å². The highest BCUT2D eigenvalue weighted by Crippen LogP contribution is 2.29. The molecule has 0 amide bonds. The molecule has 5 nitrogen and oxygen atoms in total. The third-order valence-electron chi connectivity index (χ3n) is 6.13. The summed E-state index contributed by atoms with van der Waals surface area (Å²) >= 11 is -2.02. The lowest BCUT2D eigenvalue weighted by molar-refractivity contribution is 0.0239. The molecule has 1 heterocycles. The Bertz CT molecular complexity index is 874. The predicted molar refractivity (Wildman–Crippen MR) is 108 cm³/mol. The molecule has 1 fully saturated rings. The highest BCUT2D eigenvalue weighted by Gasteiger charge is 2.35. The maximum absolute atomic E-state index is 12.8. The first-order valence-corrected chi connectivity index (χ1v) is 10.9. The number of likely N-dealkylation sites (tertiary alicyclic amines) is 1. The van der Waals surface area contributed by atoms with Crippen molar-refractivity contribution in [1.29, 1.82) is 0 Å². The summed E-state index contributed by atoms with van der Waals surface area (Å²) in [7, 11) is 0. The van der Waals surface area contributed by atoms with E-state index in [1.54, 1.807) is 12.1 Å². The van der Waals surface area contributed by atoms with Gasteiger partial charge in [-0.15, -0.1) is 0 Å². The molecule has 1 saturated heterocycles. The lowest BCUT2D eigenvalue weighted by Gasteiger charge is -2.41. The third kappa shape index (κ3) is 3.96. The van der Waals surface area contributed by atoms with Gasteiger partial charge < -0.3 is 9.66 Å². The number of benzene rings is 2. The van der Waals surface area contributed by atoms with Crippen LogP contribution in [-0.4, -0.2) is 49.8 Å². The lowest BCUT2D eigenvalue weighted by atomic mass is 9.83. The van der Waals surface area contributed by atoms with Crippen molar-refractivity contribution in [2.24, 2.45) is 5.92 Å². The molecule has 3 atom stereocenters. The van der Waals surface area contributed by atoms with Crippen LogP contribution in [0.4, 0.5) is 0 Å². The summed E-state index contributed by atoms with van der Waals surface area (Å²) in [5, 5.41) is 10.6. The van der Waals surface area contributed by atoms with E-state index in [1.807, 2.05) is 6.07 Å². The Kier molecular flexibility index (Phi) is 5.73. The fourth-order valence-electron chi connectivity index (χ4n) is 4.52. The molecule has 1 aliphatic heterocycles. The maximum Gasteiger partial charge on any atom is 0.186 e. The first kappa shape index (κ1) is 19.5. The van der Waals surface area contributed by atoms with Gasteiger partial charge in [0, 0.05) is 23.9 Å². The van der Waals surface area contributed by atoms with Gasteiger partial charge in [0.25, 0.3) is 0 Å². The first-order valence-electron chi connectivity index (χ1n) is 9.77. The molecule has 0 spiro atoms. The minimum absolute atomic E-state index is 0.0326. The van der Waals surface area contributed by atoms with Gasteiger partial charge in [-0.2, -0.15) is 0 Å². The topological polar surface area (TPSA) is 77.8 Å². The second-order valence-electron chi connectivity index (χ2n) is 7.76. The first-order chi connectivity index (χ1) is 13.5. The van der Waals surface area contributed by atoms with Crippen molar-refractivity contribution in [3.05, 3.63) is 65.2 Å². The van der Waals surface area contributed by atoms with Crippen LogP contribution in [-0.2, 0) is 23.9 Å². The Morgan fingerprint density at radius 1 is 0.964 bits per heavy atom. The molecule has 3 unspecified atom stereocenters. The molecule has 0 saturated carbocycles. The fourth-order valence-corrected chi connectivity index (χ4v) is 4.88. The highest BCUT2D eigenvalue weighted by atomic mass is 32.2. The second-order valence-corrected chi connectivity index (χ2v) is 8.73. The van der Waals surface area contributed by atoms with Crippen LogP contribution in [0, 0.1) is 5.92 Å². The van der Waals surface area contributed by atoms with Gasteiger partial charge in [-0.1, -0.05) is 36.4 Å². The van der Waals surface area contributed by atoms with Gasteiger partial charge in [-0.25, -0.2) is 4.21 Å². The number of piperidine rings is 1. The van der Waals surface area contributed by atoms with Crippen LogP contribution in [0.5, 0.6) is 0 Å². The average Bonchev–Trinajstić information content (AvgIpc) is 2.73. The normalized spacial score (nSPS) is 24.5. The molecular weight excluding hydrogens is 374 g/mol. The number of rotatable bonds is 4. The minimum atomic E-state index is -2.02. The van der Waals surface area contributed by atoms with Crippen molar-refractivity contribution in [2.75, 3.05) is 13.1 Å². The Morgan fingerprint density at radius 3 is 2.18 bits per heavy atom. The number of hydrogen-bond acceptors (Lipinski definition) is 4. The van der Waals surface area contributed by atoms with Crippen molar-refractivity contribution >= 4 is 16.9 Å².